The molecule has 0 aromatic carbocycles. The van der Waals surface area contributed by atoms with Crippen LogP contribution < -0.4 is 0 Å². The van der Waals surface area contributed by atoms with Gasteiger partial charge >= 0.3 is 0 Å². The summed E-state index contributed by atoms with van der Waals surface area (Å²) in [7, 11) is 1.94. The molecule has 2 aliphatic rings. The van der Waals surface area contributed by atoms with Gasteiger partial charge in [-0.3, -0.25) is 4.79 Å². The molecule has 2 fully saturated rings. The van der Waals surface area contributed by atoms with Gasteiger partial charge in [0.25, 0.3) is 11.6 Å². The zero-order chi connectivity index (χ0) is 17.8. The molecule has 3 aromatic rings. The molecule has 0 radical (unpaired) electrons. The average molecular weight is 351 g/mol. The number of nitrogens with zero attached hydrogens (tertiary/aromatic N) is 3. The van der Waals surface area contributed by atoms with E-state index in [2.05, 4.69) is 10.1 Å². The van der Waals surface area contributed by atoms with Crippen LogP contribution in [0.3, 0.4) is 0 Å². The lowest BCUT2D eigenvalue weighted by Crippen LogP contribution is -2.40. The van der Waals surface area contributed by atoms with Gasteiger partial charge in [-0.05, 0) is 62.6 Å². The molecule has 134 valence electrons. The summed E-state index contributed by atoms with van der Waals surface area (Å²) in [6.45, 7) is 1.84. The summed E-state index contributed by atoms with van der Waals surface area (Å²) >= 11 is 0. The van der Waals surface area contributed by atoms with Gasteiger partial charge in [0, 0.05) is 13.1 Å². The second kappa shape index (κ2) is 5.69. The van der Waals surface area contributed by atoms with Crippen LogP contribution in [0.25, 0.3) is 22.6 Å². The van der Waals surface area contributed by atoms with Crippen molar-refractivity contribution in [1.82, 2.24) is 15.0 Å². The van der Waals surface area contributed by atoms with Gasteiger partial charge < -0.3 is 13.8 Å². The number of rotatable bonds is 5. The van der Waals surface area contributed by atoms with Crippen LogP contribution in [0.15, 0.2) is 33.4 Å². The van der Waals surface area contributed by atoms with Crippen LogP contribution >= 0.6 is 0 Å². The Bertz CT molecular complexity index is 956. The minimum atomic E-state index is 0.0142. The number of pyridine rings is 1. The summed E-state index contributed by atoms with van der Waals surface area (Å²) < 4.78 is 10.8. The number of hydrogen-bond donors (Lipinski definition) is 0. The van der Waals surface area contributed by atoms with Crippen molar-refractivity contribution in [1.29, 1.82) is 0 Å². The van der Waals surface area contributed by atoms with E-state index >= 15 is 0 Å². The molecule has 0 aliphatic heterocycles. The number of furan rings is 1. The van der Waals surface area contributed by atoms with Crippen LogP contribution in [0.1, 0.15) is 41.7 Å². The van der Waals surface area contributed by atoms with E-state index in [-0.39, 0.29) is 5.91 Å². The number of amides is 1. The van der Waals surface area contributed by atoms with Gasteiger partial charge in [-0.15, -0.1) is 0 Å². The highest BCUT2D eigenvalue weighted by Gasteiger charge is 2.45. The predicted octanol–water partition coefficient (Wildman–Crippen LogP) is 4.05. The molecular weight excluding hydrogens is 330 g/mol. The highest BCUT2D eigenvalue weighted by molar-refractivity contribution is 6.06. The lowest BCUT2D eigenvalue weighted by atomic mass is 10.0. The molecule has 0 bridgehead atoms. The second-order valence-electron chi connectivity index (χ2n) is 7.56. The number of carbonyl (C=O) groups excluding carboxylic acids is 1. The minimum Gasteiger partial charge on any atom is -0.463 e. The quantitative estimate of drug-likeness (QED) is 0.693. The van der Waals surface area contributed by atoms with Gasteiger partial charge in [0.05, 0.1) is 22.9 Å². The smallest absolute Gasteiger partial charge is 0.259 e. The fourth-order valence-corrected chi connectivity index (χ4v) is 4.03. The van der Waals surface area contributed by atoms with Crippen LogP contribution in [-0.2, 0) is 0 Å². The molecule has 2 saturated carbocycles. The van der Waals surface area contributed by atoms with Gasteiger partial charge in [-0.25, -0.2) is 4.98 Å². The van der Waals surface area contributed by atoms with E-state index < -0.39 is 0 Å². The SMILES string of the molecule is Cc1noc2nc(-c3ccco3)cc(C(=O)N(C)C(C3CC3)C3CC3)c12. The van der Waals surface area contributed by atoms with Gasteiger partial charge in [0.15, 0.2) is 5.76 Å². The number of aryl methyl sites for hydroxylation is 1. The molecule has 0 saturated heterocycles. The number of hydrogen-bond acceptors (Lipinski definition) is 5. The largest absolute Gasteiger partial charge is 0.463 e. The standard InChI is InChI=1S/C20H21N3O3/c1-11-17-14(20(24)23(2)18(12-5-6-12)13-7-8-13)10-15(16-4-3-9-25-16)21-19(17)26-22-11/h3-4,9-10,12-13,18H,5-8H2,1-2H3. The Kier molecular flexibility index (Phi) is 3.42. The maximum atomic E-state index is 13.4. The van der Waals surface area contributed by atoms with E-state index in [1.165, 1.54) is 25.7 Å². The van der Waals surface area contributed by atoms with Crippen LogP contribution in [-0.4, -0.2) is 34.0 Å². The first-order chi connectivity index (χ1) is 12.6. The van der Waals surface area contributed by atoms with E-state index in [1.54, 1.807) is 18.4 Å². The molecule has 0 atom stereocenters. The monoisotopic (exact) mass is 351 g/mol. The van der Waals surface area contributed by atoms with Crippen LogP contribution in [0.5, 0.6) is 0 Å². The third-order valence-electron chi connectivity index (χ3n) is 5.60. The number of fused-ring (bicyclic) bond motifs is 1. The lowest BCUT2D eigenvalue weighted by molar-refractivity contribution is 0.0692. The van der Waals surface area contributed by atoms with E-state index in [9.17, 15) is 4.79 Å². The van der Waals surface area contributed by atoms with Gasteiger partial charge in [-0.1, -0.05) is 5.16 Å². The summed E-state index contributed by atoms with van der Waals surface area (Å²) in [6.07, 6.45) is 6.52. The Morgan fingerprint density at radius 1 is 1.27 bits per heavy atom. The first-order valence-corrected chi connectivity index (χ1v) is 9.21. The van der Waals surface area contributed by atoms with Crippen LogP contribution in [0, 0.1) is 18.8 Å². The Labute approximate surface area is 151 Å². The molecule has 0 spiro atoms. The van der Waals surface area contributed by atoms with E-state index in [1.807, 2.05) is 24.9 Å². The predicted molar refractivity (Wildman–Crippen MR) is 95.6 cm³/mol. The molecule has 6 heteroatoms. The average Bonchev–Trinajstić information content (AvgIpc) is 3.57. The van der Waals surface area contributed by atoms with Crippen LogP contribution in [0.4, 0.5) is 0 Å². The van der Waals surface area contributed by atoms with Crippen molar-refractivity contribution >= 4 is 17.0 Å². The van der Waals surface area contributed by atoms with Crippen molar-refractivity contribution in [3.8, 4) is 11.5 Å². The second-order valence-corrected chi connectivity index (χ2v) is 7.56. The third-order valence-corrected chi connectivity index (χ3v) is 5.60. The van der Waals surface area contributed by atoms with Crippen molar-refractivity contribution in [2.75, 3.05) is 7.05 Å². The van der Waals surface area contributed by atoms with Crippen molar-refractivity contribution in [3.05, 3.63) is 35.7 Å². The maximum absolute atomic E-state index is 13.4. The van der Waals surface area contributed by atoms with Crippen molar-refractivity contribution in [2.45, 2.75) is 38.6 Å². The third kappa shape index (κ3) is 2.52. The van der Waals surface area contributed by atoms with Crippen molar-refractivity contribution < 1.29 is 13.7 Å². The highest BCUT2D eigenvalue weighted by Crippen LogP contribution is 2.47. The fourth-order valence-electron chi connectivity index (χ4n) is 4.03. The Balaban J connectivity index is 1.60. The van der Waals surface area contributed by atoms with Crippen LogP contribution in [0.2, 0.25) is 0 Å². The topological polar surface area (TPSA) is 72.4 Å². The maximum Gasteiger partial charge on any atom is 0.259 e. The molecular formula is C20H21N3O3. The Hall–Kier alpha value is -2.63. The molecule has 0 unspecified atom stereocenters. The first kappa shape index (κ1) is 15.6. The fraction of sp³-hybridized carbons (Fsp3) is 0.450. The molecule has 5 rings (SSSR count). The minimum absolute atomic E-state index is 0.0142. The number of aromatic nitrogens is 2. The van der Waals surface area contributed by atoms with Gasteiger partial charge in [0.2, 0.25) is 0 Å². The Morgan fingerprint density at radius 3 is 2.62 bits per heavy atom. The summed E-state index contributed by atoms with van der Waals surface area (Å²) in [5.41, 5.74) is 2.24. The highest BCUT2D eigenvalue weighted by atomic mass is 16.5. The van der Waals surface area contributed by atoms with Gasteiger partial charge in [0.1, 0.15) is 5.69 Å². The normalized spacial score (nSPS) is 17.2. The zero-order valence-electron chi connectivity index (χ0n) is 14.9. The number of carbonyl (C=O) groups is 1. The van der Waals surface area contributed by atoms with E-state index in [4.69, 9.17) is 8.94 Å². The summed E-state index contributed by atoms with van der Waals surface area (Å²) in [5.74, 6) is 1.93. The molecule has 1 amide bonds. The summed E-state index contributed by atoms with van der Waals surface area (Å²) in [5, 5.41) is 4.72. The molecule has 3 aromatic heterocycles. The molecule has 6 nitrogen and oxygen atoms in total. The van der Waals surface area contributed by atoms with Crippen molar-refractivity contribution in [2.24, 2.45) is 11.8 Å². The molecule has 0 N–H and O–H groups in total. The molecule has 2 aliphatic carbocycles. The van der Waals surface area contributed by atoms with E-state index in [0.29, 0.717) is 51.7 Å². The van der Waals surface area contributed by atoms with E-state index in [0.717, 1.165) is 0 Å². The zero-order valence-corrected chi connectivity index (χ0v) is 14.9. The Morgan fingerprint density at radius 2 is 2.00 bits per heavy atom. The summed E-state index contributed by atoms with van der Waals surface area (Å²) in [6, 6.07) is 5.78. The summed E-state index contributed by atoms with van der Waals surface area (Å²) in [4.78, 5) is 19.9. The first-order valence-electron chi connectivity index (χ1n) is 9.21. The van der Waals surface area contributed by atoms with Crippen molar-refractivity contribution in [3.63, 3.8) is 0 Å². The van der Waals surface area contributed by atoms with Gasteiger partial charge in [-0.2, -0.15) is 0 Å². The molecule has 3 heterocycles. The molecule has 26 heavy (non-hydrogen) atoms. The lowest BCUT2D eigenvalue weighted by Gasteiger charge is -2.28.